The second-order valence-corrected chi connectivity index (χ2v) is 7.95. The van der Waals surface area contributed by atoms with Crippen molar-refractivity contribution in [2.75, 3.05) is 0 Å². The van der Waals surface area contributed by atoms with Crippen molar-refractivity contribution in [2.24, 2.45) is 23.2 Å². The van der Waals surface area contributed by atoms with E-state index >= 15 is 0 Å². The molecule has 3 heteroatoms. The minimum Gasteiger partial charge on any atom is -0.443 e. The fourth-order valence-corrected chi connectivity index (χ4v) is 5.83. The monoisotopic (exact) mass is 295 g/mol. The number of benzene rings is 1. The second-order valence-electron chi connectivity index (χ2n) is 7.95. The molecule has 0 amide bonds. The average Bonchev–Trinajstić information content (AvgIpc) is 2.93. The van der Waals surface area contributed by atoms with Crippen molar-refractivity contribution < 1.29 is 9.21 Å². The first-order valence-electron chi connectivity index (χ1n) is 8.56. The predicted octanol–water partition coefficient (Wildman–Crippen LogP) is 4.16. The fraction of sp³-hybridized carbons (Fsp3) is 0.579. The van der Waals surface area contributed by atoms with Crippen molar-refractivity contribution in [3.8, 4) is 0 Å². The summed E-state index contributed by atoms with van der Waals surface area (Å²) in [6.45, 7) is 0. The van der Waals surface area contributed by atoms with Crippen molar-refractivity contribution in [2.45, 2.75) is 44.9 Å². The summed E-state index contributed by atoms with van der Waals surface area (Å²) >= 11 is 0. The summed E-state index contributed by atoms with van der Waals surface area (Å²) in [5.74, 6) is 2.95. The Kier molecular flexibility index (Phi) is 2.59. The Hall–Kier alpha value is -1.64. The number of carbonyl (C=O) groups is 1. The Morgan fingerprint density at radius 2 is 1.82 bits per heavy atom. The van der Waals surface area contributed by atoms with Crippen LogP contribution in [0.5, 0.6) is 0 Å². The summed E-state index contributed by atoms with van der Waals surface area (Å²) in [6.07, 6.45) is 9.65. The first-order chi connectivity index (χ1) is 10.7. The van der Waals surface area contributed by atoms with Crippen LogP contribution in [0.15, 0.2) is 29.0 Å². The van der Waals surface area contributed by atoms with E-state index in [-0.39, 0.29) is 5.41 Å². The third-order valence-corrected chi connectivity index (χ3v) is 6.39. The van der Waals surface area contributed by atoms with E-state index in [1.165, 1.54) is 25.7 Å². The molecule has 4 saturated carbocycles. The van der Waals surface area contributed by atoms with Crippen LogP contribution in [0.3, 0.4) is 0 Å². The van der Waals surface area contributed by atoms with E-state index in [2.05, 4.69) is 4.98 Å². The number of nitrogens with zero attached hydrogens (tertiary/aromatic N) is 1. The highest BCUT2D eigenvalue weighted by atomic mass is 16.3. The average molecular weight is 295 g/mol. The predicted molar refractivity (Wildman–Crippen MR) is 83.3 cm³/mol. The molecular weight excluding hydrogens is 274 g/mol. The van der Waals surface area contributed by atoms with Gasteiger partial charge in [0.25, 0.3) is 0 Å². The zero-order valence-corrected chi connectivity index (χ0v) is 12.8. The zero-order valence-electron chi connectivity index (χ0n) is 12.8. The molecule has 22 heavy (non-hydrogen) atoms. The van der Waals surface area contributed by atoms with E-state index in [0.717, 1.165) is 53.7 Å². The van der Waals surface area contributed by atoms with Crippen LogP contribution < -0.4 is 0 Å². The van der Waals surface area contributed by atoms with Crippen molar-refractivity contribution in [3.63, 3.8) is 0 Å². The molecule has 0 radical (unpaired) electrons. The summed E-state index contributed by atoms with van der Waals surface area (Å²) in [7, 11) is 0. The van der Waals surface area contributed by atoms with Gasteiger partial charge in [-0.2, -0.15) is 0 Å². The zero-order chi connectivity index (χ0) is 14.7. The summed E-state index contributed by atoms with van der Waals surface area (Å²) in [6, 6.07) is 5.98. The number of oxazole rings is 1. The van der Waals surface area contributed by atoms with Gasteiger partial charge in [0.05, 0.1) is 0 Å². The highest BCUT2D eigenvalue weighted by molar-refractivity contribution is 5.88. The summed E-state index contributed by atoms with van der Waals surface area (Å²) < 4.78 is 5.37. The van der Waals surface area contributed by atoms with Gasteiger partial charge in [-0.15, -0.1) is 0 Å². The summed E-state index contributed by atoms with van der Waals surface area (Å²) in [4.78, 5) is 17.2. The molecule has 4 aliphatic rings. The number of rotatable bonds is 3. The van der Waals surface area contributed by atoms with Gasteiger partial charge in [0, 0.05) is 11.8 Å². The molecular formula is C19H21NO2. The van der Waals surface area contributed by atoms with Gasteiger partial charge in [0.2, 0.25) is 0 Å². The molecule has 1 aromatic heterocycles. The van der Waals surface area contributed by atoms with Crippen molar-refractivity contribution in [1.82, 2.24) is 4.98 Å². The Morgan fingerprint density at radius 3 is 2.50 bits per heavy atom. The van der Waals surface area contributed by atoms with Crippen LogP contribution in [0.2, 0.25) is 0 Å². The van der Waals surface area contributed by atoms with Gasteiger partial charge < -0.3 is 4.42 Å². The molecule has 4 bridgehead atoms. The minimum absolute atomic E-state index is 0.00508. The molecule has 6 rings (SSSR count). The van der Waals surface area contributed by atoms with Gasteiger partial charge in [0.1, 0.15) is 11.3 Å². The Morgan fingerprint density at radius 1 is 1.14 bits per heavy atom. The topological polar surface area (TPSA) is 43.1 Å². The molecule has 4 aliphatic carbocycles. The molecule has 1 aromatic carbocycles. The van der Waals surface area contributed by atoms with E-state index in [1.807, 2.05) is 18.2 Å². The Bertz CT molecular complexity index is 709. The SMILES string of the molecule is O=C(Cc1ccc2ncoc2c1)C12CC3CC(CC(C3)C1)C2. The second kappa shape index (κ2) is 4.43. The van der Waals surface area contributed by atoms with Crippen molar-refractivity contribution >= 4 is 16.9 Å². The standard InChI is InChI=1S/C19H21NO2/c21-18(7-12-1-2-16-17(6-12)22-11-20-16)19-8-13-3-14(9-19)5-15(4-13)10-19/h1-2,6,11,13-15H,3-5,7-10H2. The number of Topliss-reactive ketones (excluding diaryl/α,β-unsaturated/α-hetero) is 1. The largest absolute Gasteiger partial charge is 0.443 e. The van der Waals surface area contributed by atoms with Gasteiger partial charge in [0.15, 0.2) is 12.0 Å². The lowest BCUT2D eigenvalue weighted by Crippen LogP contribution is -2.50. The minimum atomic E-state index is 0.00508. The van der Waals surface area contributed by atoms with Gasteiger partial charge in [-0.1, -0.05) is 6.07 Å². The highest BCUT2D eigenvalue weighted by Crippen LogP contribution is 2.60. The van der Waals surface area contributed by atoms with E-state index in [4.69, 9.17) is 4.42 Å². The van der Waals surface area contributed by atoms with Crippen LogP contribution in [0.25, 0.3) is 11.1 Å². The summed E-state index contributed by atoms with van der Waals surface area (Å²) in [5, 5.41) is 0. The van der Waals surface area contributed by atoms with Gasteiger partial charge in [-0.25, -0.2) is 4.98 Å². The highest BCUT2D eigenvalue weighted by Gasteiger charge is 2.53. The van der Waals surface area contributed by atoms with Crippen molar-refractivity contribution in [3.05, 3.63) is 30.2 Å². The molecule has 0 aliphatic heterocycles. The first-order valence-corrected chi connectivity index (χ1v) is 8.56. The molecule has 1 heterocycles. The molecule has 0 atom stereocenters. The lowest BCUT2D eigenvalue weighted by Gasteiger charge is -2.56. The van der Waals surface area contributed by atoms with Crippen molar-refractivity contribution in [1.29, 1.82) is 0 Å². The van der Waals surface area contributed by atoms with E-state index < -0.39 is 0 Å². The molecule has 0 spiro atoms. The lowest BCUT2D eigenvalue weighted by atomic mass is 9.48. The number of hydrogen-bond acceptors (Lipinski definition) is 3. The van der Waals surface area contributed by atoms with Gasteiger partial charge >= 0.3 is 0 Å². The fourth-order valence-electron chi connectivity index (χ4n) is 5.83. The van der Waals surface area contributed by atoms with Gasteiger partial charge in [-0.3, -0.25) is 4.79 Å². The van der Waals surface area contributed by atoms with Crippen LogP contribution in [-0.4, -0.2) is 10.8 Å². The molecule has 0 N–H and O–H groups in total. The molecule has 0 unspecified atom stereocenters. The molecule has 3 nitrogen and oxygen atoms in total. The lowest BCUT2D eigenvalue weighted by molar-refractivity contribution is -0.143. The number of carbonyl (C=O) groups excluding carboxylic acids is 1. The van der Waals surface area contributed by atoms with Crippen LogP contribution in [-0.2, 0) is 11.2 Å². The molecule has 4 fully saturated rings. The maximum Gasteiger partial charge on any atom is 0.181 e. The van der Waals surface area contributed by atoms with Gasteiger partial charge in [-0.05, 0) is 74.0 Å². The number of aromatic nitrogens is 1. The van der Waals surface area contributed by atoms with Crippen LogP contribution >= 0.6 is 0 Å². The number of hydrogen-bond donors (Lipinski definition) is 0. The van der Waals surface area contributed by atoms with Crippen LogP contribution in [0.1, 0.15) is 44.1 Å². The molecule has 114 valence electrons. The number of fused-ring (bicyclic) bond motifs is 1. The quantitative estimate of drug-likeness (QED) is 0.854. The Balaban J connectivity index is 1.42. The summed E-state index contributed by atoms with van der Waals surface area (Å²) in [5.41, 5.74) is 2.73. The number of ketones is 1. The van der Waals surface area contributed by atoms with E-state index in [9.17, 15) is 4.79 Å². The first kappa shape index (κ1) is 12.9. The third-order valence-electron chi connectivity index (χ3n) is 6.39. The molecule has 2 aromatic rings. The molecule has 0 saturated heterocycles. The normalized spacial score (nSPS) is 36.1. The maximum absolute atomic E-state index is 13.1. The third kappa shape index (κ3) is 1.87. The maximum atomic E-state index is 13.1. The van der Waals surface area contributed by atoms with Crippen LogP contribution in [0, 0.1) is 23.2 Å². The smallest absolute Gasteiger partial charge is 0.181 e. The van der Waals surface area contributed by atoms with E-state index in [1.54, 1.807) is 0 Å². The van der Waals surface area contributed by atoms with Crippen LogP contribution in [0.4, 0.5) is 0 Å². The Labute approximate surface area is 130 Å². The van der Waals surface area contributed by atoms with E-state index in [0.29, 0.717) is 12.2 Å².